The van der Waals surface area contributed by atoms with Crippen molar-refractivity contribution in [3.63, 3.8) is 0 Å². The summed E-state index contributed by atoms with van der Waals surface area (Å²) in [5, 5.41) is 16.4. The number of nitrogens with one attached hydrogen (secondary N) is 1. The number of anilines is 1. The van der Waals surface area contributed by atoms with E-state index >= 15 is 0 Å². The van der Waals surface area contributed by atoms with E-state index in [0.29, 0.717) is 11.5 Å². The molecule has 0 bridgehead atoms. The molecule has 1 aromatic heterocycles. The molecule has 0 aliphatic heterocycles. The molecule has 0 saturated carbocycles. The number of carbonyl (C=O) groups excluding carboxylic acids is 1. The highest BCUT2D eigenvalue weighted by molar-refractivity contribution is 6.04. The Balaban J connectivity index is 1.94. The summed E-state index contributed by atoms with van der Waals surface area (Å²) in [6, 6.07) is 15.2. The summed E-state index contributed by atoms with van der Waals surface area (Å²) in [6.45, 7) is 2.06. The normalized spacial score (nSPS) is 10.7. The Morgan fingerprint density at radius 1 is 1.20 bits per heavy atom. The van der Waals surface area contributed by atoms with Crippen LogP contribution in [0.4, 0.5) is 10.2 Å². The van der Waals surface area contributed by atoms with Crippen molar-refractivity contribution in [2.75, 3.05) is 11.9 Å². The molecule has 25 heavy (non-hydrogen) atoms. The van der Waals surface area contributed by atoms with Gasteiger partial charge in [0.2, 0.25) is 0 Å². The van der Waals surface area contributed by atoms with Crippen molar-refractivity contribution in [2.24, 2.45) is 0 Å². The quantitative estimate of drug-likeness (QED) is 0.750. The molecule has 3 rings (SSSR count). The average molecular weight is 339 g/mol. The van der Waals surface area contributed by atoms with E-state index in [4.69, 9.17) is 0 Å². The fraction of sp³-hybridized carbons (Fsp3) is 0.158. The zero-order chi connectivity index (χ0) is 17.8. The van der Waals surface area contributed by atoms with Gasteiger partial charge in [-0.15, -0.1) is 0 Å². The Morgan fingerprint density at radius 3 is 2.64 bits per heavy atom. The summed E-state index contributed by atoms with van der Waals surface area (Å²) in [5.41, 5.74) is 2.61. The fourth-order valence-corrected chi connectivity index (χ4v) is 2.60. The molecule has 2 N–H and O–H groups in total. The van der Waals surface area contributed by atoms with Gasteiger partial charge in [0.25, 0.3) is 5.91 Å². The third kappa shape index (κ3) is 3.59. The van der Waals surface area contributed by atoms with Crippen molar-refractivity contribution >= 4 is 11.7 Å². The lowest BCUT2D eigenvalue weighted by Gasteiger charge is -2.08. The zero-order valence-electron chi connectivity index (χ0n) is 13.7. The number of hydrogen-bond donors (Lipinski definition) is 2. The predicted octanol–water partition coefficient (Wildman–Crippen LogP) is 3.24. The Bertz CT molecular complexity index is 905. The first-order valence-electron chi connectivity index (χ1n) is 7.90. The summed E-state index contributed by atoms with van der Waals surface area (Å²) in [7, 11) is 0. The Labute approximate surface area is 144 Å². The van der Waals surface area contributed by atoms with Gasteiger partial charge in [-0.05, 0) is 24.6 Å². The first kappa shape index (κ1) is 16.9. The molecule has 0 saturated heterocycles. The molecule has 6 heteroatoms. The van der Waals surface area contributed by atoms with Crippen LogP contribution in [0.3, 0.4) is 0 Å². The van der Waals surface area contributed by atoms with Crippen molar-refractivity contribution < 1.29 is 14.3 Å². The van der Waals surface area contributed by atoms with Crippen molar-refractivity contribution in [2.45, 2.75) is 13.5 Å². The third-order valence-electron chi connectivity index (χ3n) is 3.87. The van der Waals surface area contributed by atoms with Crippen LogP contribution in [0.15, 0.2) is 54.6 Å². The number of hydrogen-bond acceptors (Lipinski definition) is 3. The van der Waals surface area contributed by atoms with Crippen molar-refractivity contribution in [1.82, 2.24) is 9.78 Å². The van der Waals surface area contributed by atoms with Crippen molar-refractivity contribution in [3.05, 3.63) is 71.5 Å². The van der Waals surface area contributed by atoms with E-state index in [0.717, 1.165) is 11.1 Å². The van der Waals surface area contributed by atoms with E-state index < -0.39 is 11.7 Å². The summed E-state index contributed by atoms with van der Waals surface area (Å²) in [6.07, 6.45) is 0. The van der Waals surface area contributed by atoms with Crippen molar-refractivity contribution in [1.29, 1.82) is 0 Å². The first-order chi connectivity index (χ1) is 12.1. The molecule has 1 heterocycles. The standard InChI is InChI=1S/C19H18FN3O2/c1-13-6-2-3-7-14(13)17-12-18(23(22-17)10-11-24)21-19(25)15-8-4-5-9-16(15)20/h2-9,12,24H,10-11H2,1H3,(H,21,25). The van der Waals surface area contributed by atoms with Gasteiger partial charge in [-0.2, -0.15) is 5.10 Å². The molecule has 5 nitrogen and oxygen atoms in total. The second-order valence-corrected chi connectivity index (χ2v) is 5.61. The molecule has 0 radical (unpaired) electrons. The lowest BCUT2D eigenvalue weighted by atomic mass is 10.1. The van der Waals surface area contributed by atoms with Crippen LogP contribution >= 0.6 is 0 Å². The number of aliphatic hydroxyl groups is 1. The number of carbonyl (C=O) groups is 1. The maximum atomic E-state index is 13.8. The van der Waals surface area contributed by atoms with E-state index in [1.165, 1.54) is 22.9 Å². The zero-order valence-corrected chi connectivity index (χ0v) is 13.7. The van der Waals surface area contributed by atoms with Gasteiger partial charge in [-0.1, -0.05) is 36.4 Å². The van der Waals surface area contributed by atoms with Crippen LogP contribution in [-0.4, -0.2) is 27.4 Å². The second-order valence-electron chi connectivity index (χ2n) is 5.61. The lowest BCUT2D eigenvalue weighted by molar-refractivity contribution is 0.102. The first-order valence-corrected chi connectivity index (χ1v) is 7.90. The largest absolute Gasteiger partial charge is 0.394 e. The number of amides is 1. The minimum absolute atomic E-state index is 0.0447. The highest BCUT2D eigenvalue weighted by Gasteiger charge is 2.16. The van der Waals surface area contributed by atoms with Gasteiger partial charge in [-0.25, -0.2) is 9.07 Å². The molecular formula is C19H18FN3O2. The molecular weight excluding hydrogens is 321 g/mol. The molecule has 128 valence electrons. The highest BCUT2D eigenvalue weighted by atomic mass is 19.1. The Morgan fingerprint density at radius 2 is 1.92 bits per heavy atom. The van der Waals surface area contributed by atoms with Gasteiger partial charge < -0.3 is 10.4 Å². The lowest BCUT2D eigenvalue weighted by Crippen LogP contribution is -2.17. The molecule has 2 aromatic carbocycles. The average Bonchev–Trinajstić information content (AvgIpc) is 2.98. The highest BCUT2D eigenvalue weighted by Crippen LogP contribution is 2.25. The van der Waals surface area contributed by atoms with Crippen LogP contribution in [0, 0.1) is 12.7 Å². The van der Waals surface area contributed by atoms with Gasteiger partial charge in [0.05, 0.1) is 24.4 Å². The third-order valence-corrected chi connectivity index (χ3v) is 3.87. The number of halogens is 1. The van der Waals surface area contributed by atoms with Gasteiger partial charge >= 0.3 is 0 Å². The predicted molar refractivity (Wildman–Crippen MR) is 93.8 cm³/mol. The topological polar surface area (TPSA) is 67.2 Å². The maximum absolute atomic E-state index is 13.8. The van der Waals surface area contributed by atoms with Crippen LogP contribution in [0.25, 0.3) is 11.3 Å². The van der Waals surface area contributed by atoms with E-state index in [1.807, 2.05) is 31.2 Å². The molecule has 0 fully saturated rings. The monoisotopic (exact) mass is 339 g/mol. The van der Waals surface area contributed by atoms with E-state index in [1.54, 1.807) is 12.1 Å². The minimum Gasteiger partial charge on any atom is -0.394 e. The number of aryl methyl sites for hydroxylation is 1. The van der Waals surface area contributed by atoms with E-state index in [2.05, 4.69) is 10.4 Å². The number of aromatic nitrogens is 2. The number of benzene rings is 2. The smallest absolute Gasteiger partial charge is 0.259 e. The van der Waals surface area contributed by atoms with Gasteiger partial charge in [0, 0.05) is 11.6 Å². The maximum Gasteiger partial charge on any atom is 0.259 e. The number of nitrogens with zero attached hydrogens (tertiary/aromatic N) is 2. The van der Waals surface area contributed by atoms with Crippen LogP contribution in [0.5, 0.6) is 0 Å². The summed E-state index contributed by atoms with van der Waals surface area (Å²) >= 11 is 0. The van der Waals surface area contributed by atoms with E-state index in [-0.39, 0.29) is 18.7 Å². The molecule has 0 spiro atoms. The van der Waals surface area contributed by atoms with Gasteiger partial charge in [-0.3, -0.25) is 4.79 Å². The number of rotatable bonds is 5. The summed E-state index contributed by atoms with van der Waals surface area (Å²) in [5.74, 6) is -0.749. The van der Waals surface area contributed by atoms with Crippen molar-refractivity contribution in [3.8, 4) is 11.3 Å². The molecule has 0 aliphatic rings. The van der Waals surface area contributed by atoms with Gasteiger partial charge in [0.15, 0.2) is 0 Å². The molecule has 0 unspecified atom stereocenters. The van der Waals surface area contributed by atoms with E-state index in [9.17, 15) is 14.3 Å². The molecule has 0 aliphatic carbocycles. The minimum atomic E-state index is -0.590. The summed E-state index contributed by atoms with van der Waals surface area (Å²) in [4.78, 5) is 12.3. The van der Waals surface area contributed by atoms with Crippen LogP contribution in [0.1, 0.15) is 15.9 Å². The van der Waals surface area contributed by atoms with Gasteiger partial charge in [0.1, 0.15) is 11.6 Å². The number of aliphatic hydroxyl groups excluding tert-OH is 1. The van der Waals surface area contributed by atoms with Crippen LogP contribution in [0.2, 0.25) is 0 Å². The molecule has 1 amide bonds. The second kappa shape index (κ2) is 7.27. The fourth-order valence-electron chi connectivity index (χ4n) is 2.60. The Hall–Kier alpha value is -2.99. The Kier molecular flexibility index (Phi) is 4.90. The van der Waals surface area contributed by atoms with Crippen LogP contribution in [-0.2, 0) is 6.54 Å². The van der Waals surface area contributed by atoms with Crippen LogP contribution < -0.4 is 5.32 Å². The SMILES string of the molecule is Cc1ccccc1-c1cc(NC(=O)c2ccccc2F)n(CCO)n1. The molecule has 0 atom stereocenters. The molecule has 3 aromatic rings. The summed E-state index contributed by atoms with van der Waals surface area (Å²) < 4.78 is 15.3.